The van der Waals surface area contributed by atoms with Gasteiger partial charge in [-0.05, 0) is 6.42 Å². The predicted molar refractivity (Wildman–Crippen MR) is 80.1 cm³/mol. The highest BCUT2D eigenvalue weighted by molar-refractivity contribution is 4.48. The summed E-state index contributed by atoms with van der Waals surface area (Å²) in [6.07, 6.45) is 14.8. The Bertz CT molecular complexity index is 162. The van der Waals surface area contributed by atoms with Crippen LogP contribution in [0.1, 0.15) is 84.0 Å². The van der Waals surface area contributed by atoms with E-state index in [0.717, 1.165) is 12.8 Å². The molecule has 0 bridgehead atoms. The van der Waals surface area contributed by atoms with Crippen LogP contribution in [0.5, 0.6) is 0 Å². The van der Waals surface area contributed by atoms with E-state index in [1.165, 1.54) is 64.2 Å². The lowest BCUT2D eigenvalue weighted by Crippen LogP contribution is -2.16. The van der Waals surface area contributed by atoms with Crippen molar-refractivity contribution in [1.82, 2.24) is 0 Å². The van der Waals surface area contributed by atoms with Crippen molar-refractivity contribution in [2.24, 2.45) is 0 Å². The lowest BCUT2D eigenvalue weighted by atomic mass is 10.1. The third kappa shape index (κ3) is 15.8. The molecule has 0 spiro atoms. The van der Waals surface area contributed by atoms with Crippen LogP contribution >= 0.6 is 0 Å². The van der Waals surface area contributed by atoms with E-state index in [1.54, 1.807) is 0 Å². The van der Waals surface area contributed by atoms with Gasteiger partial charge in [0, 0.05) is 6.61 Å². The lowest BCUT2D eigenvalue weighted by Gasteiger charge is -2.08. The summed E-state index contributed by atoms with van der Waals surface area (Å²) in [4.78, 5) is 0. The van der Waals surface area contributed by atoms with Gasteiger partial charge in [0.2, 0.25) is 0 Å². The van der Waals surface area contributed by atoms with Gasteiger partial charge in [0.05, 0.1) is 6.61 Å². The zero-order valence-electron chi connectivity index (χ0n) is 12.8. The van der Waals surface area contributed by atoms with Crippen LogP contribution in [0.3, 0.4) is 0 Å². The van der Waals surface area contributed by atoms with E-state index in [1.807, 2.05) is 0 Å². The van der Waals surface area contributed by atoms with Crippen molar-refractivity contribution in [1.29, 1.82) is 0 Å². The molecule has 0 aromatic rings. The Kier molecular flexibility index (Phi) is 15.8. The number of rotatable bonds is 15. The van der Waals surface area contributed by atoms with E-state index in [-0.39, 0.29) is 6.61 Å². The molecule has 1 atom stereocenters. The molecule has 0 aromatic heterocycles. The van der Waals surface area contributed by atoms with Gasteiger partial charge >= 0.3 is 0 Å². The minimum atomic E-state index is -0.993. The second-order valence-electron chi connectivity index (χ2n) is 5.40. The molecule has 3 nitrogen and oxygen atoms in total. The van der Waals surface area contributed by atoms with E-state index in [2.05, 4.69) is 6.92 Å². The van der Waals surface area contributed by atoms with Crippen LogP contribution in [-0.2, 0) is 4.74 Å². The molecule has 19 heavy (non-hydrogen) atoms. The number of hydrogen-bond donors (Lipinski definition) is 2. The third-order valence-electron chi connectivity index (χ3n) is 3.46. The molecule has 116 valence electrons. The van der Waals surface area contributed by atoms with Gasteiger partial charge in [-0.3, -0.25) is 0 Å². The molecule has 0 rings (SSSR count). The first-order valence-corrected chi connectivity index (χ1v) is 8.21. The van der Waals surface area contributed by atoms with Crippen molar-refractivity contribution in [3.63, 3.8) is 0 Å². The summed E-state index contributed by atoms with van der Waals surface area (Å²) >= 11 is 0. The quantitative estimate of drug-likeness (QED) is 0.350. The van der Waals surface area contributed by atoms with Crippen LogP contribution in [0.2, 0.25) is 0 Å². The summed E-state index contributed by atoms with van der Waals surface area (Å²) in [5, 5.41) is 17.5. The summed E-state index contributed by atoms with van der Waals surface area (Å²) in [6.45, 7) is 2.51. The number of aliphatic hydroxyl groups excluding tert-OH is 2. The molecule has 0 aromatic carbocycles. The fourth-order valence-corrected chi connectivity index (χ4v) is 2.22. The third-order valence-corrected chi connectivity index (χ3v) is 3.46. The highest BCUT2D eigenvalue weighted by atomic mass is 16.6. The fraction of sp³-hybridized carbons (Fsp3) is 1.00. The molecule has 0 aliphatic rings. The van der Waals surface area contributed by atoms with Gasteiger partial charge in [-0.1, -0.05) is 77.6 Å². The van der Waals surface area contributed by atoms with E-state index in [4.69, 9.17) is 14.9 Å². The number of unbranched alkanes of at least 4 members (excludes halogenated alkanes) is 11. The van der Waals surface area contributed by atoms with Crippen molar-refractivity contribution < 1.29 is 14.9 Å². The minimum absolute atomic E-state index is 0.307. The van der Waals surface area contributed by atoms with Gasteiger partial charge in [0.25, 0.3) is 0 Å². The number of ether oxygens (including phenoxy) is 1. The second-order valence-corrected chi connectivity index (χ2v) is 5.40. The highest BCUT2D eigenvalue weighted by Crippen LogP contribution is 2.11. The Morgan fingerprint density at radius 2 is 1.16 bits per heavy atom. The van der Waals surface area contributed by atoms with Crippen molar-refractivity contribution >= 4 is 0 Å². The largest absolute Gasteiger partial charge is 0.391 e. The van der Waals surface area contributed by atoms with Crippen LogP contribution < -0.4 is 0 Å². The Labute approximate surface area is 119 Å². The molecule has 0 saturated carbocycles. The Hall–Kier alpha value is -0.120. The summed E-state index contributed by atoms with van der Waals surface area (Å²) < 4.78 is 4.99. The SMILES string of the molecule is CCCCCCCCCCCCCCOC(O)CO. The van der Waals surface area contributed by atoms with Gasteiger partial charge in [0.1, 0.15) is 0 Å². The van der Waals surface area contributed by atoms with E-state index < -0.39 is 6.29 Å². The summed E-state index contributed by atoms with van der Waals surface area (Å²) in [7, 11) is 0. The highest BCUT2D eigenvalue weighted by Gasteiger charge is 1.99. The maximum absolute atomic E-state index is 8.96. The first kappa shape index (κ1) is 18.9. The average Bonchev–Trinajstić information content (AvgIpc) is 2.43. The first-order valence-electron chi connectivity index (χ1n) is 8.21. The van der Waals surface area contributed by atoms with Crippen LogP contribution in [-0.4, -0.2) is 29.7 Å². The molecule has 0 fully saturated rings. The van der Waals surface area contributed by atoms with Crippen molar-refractivity contribution in [2.45, 2.75) is 90.3 Å². The van der Waals surface area contributed by atoms with Crippen LogP contribution in [0, 0.1) is 0 Å². The van der Waals surface area contributed by atoms with Crippen molar-refractivity contribution in [2.75, 3.05) is 13.2 Å². The van der Waals surface area contributed by atoms with Gasteiger partial charge in [-0.2, -0.15) is 0 Å². The number of aliphatic hydroxyl groups is 2. The summed E-state index contributed by atoms with van der Waals surface area (Å²) in [6, 6.07) is 0. The Morgan fingerprint density at radius 3 is 1.58 bits per heavy atom. The van der Waals surface area contributed by atoms with E-state index >= 15 is 0 Å². The lowest BCUT2D eigenvalue weighted by molar-refractivity contribution is -0.125. The topological polar surface area (TPSA) is 49.7 Å². The maximum atomic E-state index is 8.96. The van der Waals surface area contributed by atoms with Crippen LogP contribution in [0.25, 0.3) is 0 Å². The first-order chi connectivity index (χ1) is 9.31. The summed E-state index contributed by atoms with van der Waals surface area (Å²) in [5.41, 5.74) is 0. The molecule has 2 N–H and O–H groups in total. The standard InChI is InChI=1S/C16H34O3/c1-2-3-4-5-6-7-8-9-10-11-12-13-14-19-16(18)15-17/h16-18H,2-15H2,1H3. The zero-order chi connectivity index (χ0) is 14.2. The maximum Gasteiger partial charge on any atom is 0.177 e. The van der Waals surface area contributed by atoms with Crippen molar-refractivity contribution in [3.05, 3.63) is 0 Å². The molecular weight excluding hydrogens is 240 g/mol. The van der Waals surface area contributed by atoms with Gasteiger partial charge in [-0.15, -0.1) is 0 Å². The van der Waals surface area contributed by atoms with E-state index in [0.29, 0.717) is 6.61 Å². The number of hydrogen-bond acceptors (Lipinski definition) is 3. The second kappa shape index (κ2) is 15.9. The molecule has 0 saturated heterocycles. The van der Waals surface area contributed by atoms with Crippen molar-refractivity contribution in [3.8, 4) is 0 Å². The van der Waals surface area contributed by atoms with Crippen LogP contribution in [0.15, 0.2) is 0 Å². The summed E-state index contributed by atoms with van der Waals surface area (Å²) in [5.74, 6) is 0. The smallest absolute Gasteiger partial charge is 0.177 e. The predicted octanol–water partition coefficient (Wildman–Crippen LogP) is 4.01. The minimum Gasteiger partial charge on any atom is -0.391 e. The van der Waals surface area contributed by atoms with Gasteiger partial charge in [-0.25, -0.2) is 0 Å². The van der Waals surface area contributed by atoms with Gasteiger partial charge in [0.15, 0.2) is 6.29 Å². The molecule has 1 unspecified atom stereocenters. The van der Waals surface area contributed by atoms with Gasteiger partial charge < -0.3 is 14.9 Å². The Balaban J connectivity index is 2.95. The molecule has 0 amide bonds. The molecular formula is C16H34O3. The molecule has 0 heterocycles. The monoisotopic (exact) mass is 274 g/mol. The normalized spacial score (nSPS) is 12.8. The molecule has 3 heteroatoms. The fourth-order valence-electron chi connectivity index (χ4n) is 2.22. The molecule has 0 radical (unpaired) electrons. The van der Waals surface area contributed by atoms with Crippen LogP contribution in [0.4, 0.5) is 0 Å². The van der Waals surface area contributed by atoms with E-state index in [9.17, 15) is 0 Å². The Morgan fingerprint density at radius 1 is 0.737 bits per heavy atom. The zero-order valence-corrected chi connectivity index (χ0v) is 12.8. The average molecular weight is 274 g/mol. The molecule has 0 aliphatic heterocycles. The molecule has 0 aliphatic carbocycles.